The van der Waals surface area contributed by atoms with Crippen molar-refractivity contribution in [3.05, 3.63) is 65.6 Å². The van der Waals surface area contributed by atoms with Crippen LogP contribution in [0.25, 0.3) is 11.1 Å². The molecule has 3 heterocycles. The van der Waals surface area contributed by atoms with Crippen LogP contribution in [0.4, 0.5) is 0 Å². The highest BCUT2D eigenvalue weighted by atomic mass is 16.5. The summed E-state index contributed by atoms with van der Waals surface area (Å²) >= 11 is 0. The van der Waals surface area contributed by atoms with Crippen molar-refractivity contribution in [1.29, 1.82) is 0 Å². The molecule has 0 radical (unpaired) electrons. The van der Waals surface area contributed by atoms with E-state index in [0.29, 0.717) is 5.88 Å². The summed E-state index contributed by atoms with van der Waals surface area (Å²) in [5.74, 6) is 2.29. The van der Waals surface area contributed by atoms with Crippen LogP contribution >= 0.6 is 0 Å². The van der Waals surface area contributed by atoms with Crippen LogP contribution in [0.2, 0.25) is 0 Å². The van der Waals surface area contributed by atoms with Crippen LogP contribution in [0, 0.1) is 0 Å². The van der Waals surface area contributed by atoms with Gasteiger partial charge in [0.05, 0.1) is 12.8 Å². The summed E-state index contributed by atoms with van der Waals surface area (Å²) in [7, 11) is 0. The van der Waals surface area contributed by atoms with Crippen LogP contribution < -0.4 is 9.47 Å². The smallest absolute Gasteiger partial charge is 0.227 e. The number of rotatable bonds is 3. The number of pyridine rings is 2. The van der Waals surface area contributed by atoms with Crippen LogP contribution in [0.5, 0.6) is 17.4 Å². The van der Waals surface area contributed by atoms with Crippen LogP contribution in [0.3, 0.4) is 0 Å². The molecule has 4 heteroatoms. The Morgan fingerprint density at radius 1 is 0.885 bits per heavy atom. The third kappa shape index (κ3) is 2.71. The van der Waals surface area contributed by atoms with Crippen LogP contribution in [0.15, 0.2) is 48.8 Å². The lowest BCUT2D eigenvalue weighted by Gasteiger charge is -2.16. The van der Waals surface area contributed by atoms with E-state index in [4.69, 9.17) is 9.47 Å². The van der Waals surface area contributed by atoms with E-state index in [2.05, 4.69) is 34.2 Å². The molecule has 3 aromatic rings. The van der Waals surface area contributed by atoms with Crippen molar-refractivity contribution in [3.8, 4) is 28.5 Å². The molecule has 1 aliphatic heterocycles. The molecule has 0 saturated heterocycles. The monoisotopic (exact) mass is 344 g/mol. The molecule has 0 bridgehead atoms. The Morgan fingerprint density at radius 3 is 2.81 bits per heavy atom. The van der Waals surface area contributed by atoms with E-state index in [1.807, 2.05) is 18.3 Å². The number of ether oxygens (including phenoxy) is 2. The van der Waals surface area contributed by atoms with Gasteiger partial charge in [-0.1, -0.05) is 18.2 Å². The van der Waals surface area contributed by atoms with Gasteiger partial charge in [0.1, 0.15) is 11.5 Å². The van der Waals surface area contributed by atoms with E-state index in [1.54, 1.807) is 6.20 Å². The molecule has 1 aliphatic carbocycles. The maximum Gasteiger partial charge on any atom is 0.227 e. The maximum atomic E-state index is 6.16. The second-order valence-corrected chi connectivity index (χ2v) is 6.83. The Bertz CT molecular complexity index is 968. The fraction of sp³-hybridized carbons (Fsp3) is 0.273. The standard InChI is InChI=1S/C22H20N2O2/c1-2-9-20-16(5-1)13-17(14-24-20)26-22-19(8-4-11-23-22)18-7-3-6-15-10-12-25-21(15)18/h3-4,6-8,11,13-14H,1-2,5,9-10,12H2. The Labute approximate surface area is 152 Å². The first-order valence-corrected chi connectivity index (χ1v) is 9.24. The van der Waals surface area contributed by atoms with Gasteiger partial charge in [-0.2, -0.15) is 0 Å². The van der Waals surface area contributed by atoms with E-state index in [1.165, 1.54) is 29.7 Å². The number of aryl methyl sites for hydroxylation is 2. The number of nitrogens with zero attached hydrogens (tertiary/aromatic N) is 2. The predicted octanol–water partition coefficient (Wildman–Crippen LogP) is 4.75. The van der Waals surface area contributed by atoms with E-state index in [0.717, 1.165) is 48.5 Å². The molecule has 0 saturated carbocycles. The summed E-state index contributed by atoms with van der Waals surface area (Å²) in [6, 6.07) is 12.3. The van der Waals surface area contributed by atoms with Gasteiger partial charge in [0.15, 0.2) is 0 Å². The first-order valence-electron chi connectivity index (χ1n) is 9.24. The summed E-state index contributed by atoms with van der Waals surface area (Å²) in [4.78, 5) is 9.08. The summed E-state index contributed by atoms with van der Waals surface area (Å²) in [5, 5.41) is 0. The van der Waals surface area contributed by atoms with Gasteiger partial charge in [0.25, 0.3) is 0 Å². The quantitative estimate of drug-likeness (QED) is 0.688. The molecule has 0 amide bonds. The first-order chi connectivity index (χ1) is 12.9. The molecule has 2 aliphatic rings. The number of aromatic nitrogens is 2. The van der Waals surface area contributed by atoms with Gasteiger partial charge in [-0.3, -0.25) is 4.98 Å². The summed E-state index contributed by atoms with van der Waals surface area (Å²) in [6.45, 7) is 0.734. The highest BCUT2D eigenvalue weighted by Crippen LogP contribution is 2.41. The highest BCUT2D eigenvalue weighted by Gasteiger charge is 2.20. The largest absolute Gasteiger partial charge is 0.492 e. The molecule has 0 unspecified atom stereocenters. The number of hydrogen-bond acceptors (Lipinski definition) is 4. The minimum atomic E-state index is 0.592. The zero-order chi connectivity index (χ0) is 17.3. The Hall–Kier alpha value is -2.88. The number of benzene rings is 1. The molecule has 5 rings (SSSR count). The van der Waals surface area contributed by atoms with Crippen LogP contribution in [0.1, 0.15) is 29.7 Å². The van der Waals surface area contributed by atoms with Crippen molar-refractivity contribution < 1.29 is 9.47 Å². The molecule has 4 nitrogen and oxygen atoms in total. The van der Waals surface area contributed by atoms with E-state index >= 15 is 0 Å². The summed E-state index contributed by atoms with van der Waals surface area (Å²) < 4.78 is 12.0. The number of para-hydroxylation sites is 1. The molecular weight excluding hydrogens is 324 g/mol. The van der Waals surface area contributed by atoms with Crippen LogP contribution in [-0.2, 0) is 19.3 Å². The lowest BCUT2D eigenvalue weighted by Crippen LogP contribution is -2.05. The Balaban J connectivity index is 1.53. The summed E-state index contributed by atoms with van der Waals surface area (Å²) in [6.07, 6.45) is 9.12. The molecule has 26 heavy (non-hydrogen) atoms. The van der Waals surface area contributed by atoms with Gasteiger partial charge in [-0.05, 0) is 55.0 Å². The first kappa shape index (κ1) is 15.4. The molecule has 0 N–H and O–H groups in total. The fourth-order valence-corrected chi connectivity index (χ4v) is 3.84. The zero-order valence-electron chi connectivity index (χ0n) is 14.6. The summed E-state index contributed by atoms with van der Waals surface area (Å²) in [5.41, 5.74) is 5.74. The van der Waals surface area contributed by atoms with Crippen molar-refractivity contribution in [2.75, 3.05) is 6.61 Å². The lowest BCUT2D eigenvalue weighted by molar-refractivity contribution is 0.357. The maximum absolute atomic E-state index is 6.16. The average molecular weight is 344 g/mol. The van der Waals surface area contributed by atoms with Crippen molar-refractivity contribution in [2.45, 2.75) is 32.1 Å². The van der Waals surface area contributed by atoms with Crippen molar-refractivity contribution in [3.63, 3.8) is 0 Å². The van der Waals surface area contributed by atoms with Gasteiger partial charge >= 0.3 is 0 Å². The average Bonchev–Trinajstić information content (AvgIpc) is 3.17. The number of fused-ring (bicyclic) bond motifs is 2. The van der Waals surface area contributed by atoms with Gasteiger partial charge in [-0.25, -0.2) is 4.98 Å². The van der Waals surface area contributed by atoms with Crippen molar-refractivity contribution in [1.82, 2.24) is 9.97 Å². The molecule has 0 fully saturated rings. The minimum absolute atomic E-state index is 0.592. The van der Waals surface area contributed by atoms with Crippen molar-refractivity contribution in [2.24, 2.45) is 0 Å². The number of hydrogen-bond donors (Lipinski definition) is 0. The topological polar surface area (TPSA) is 44.2 Å². The molecule has 2 aromatic heterocycles. The molecule has 0 spiro atoms. The predicted molar refractivity (Wildman–Crippen MR) is 99.8 cm³/mol. The molecule has 130 valence electrons. The third-order valence-corrected chi connectivity index (χ3v) is 5.13. The molecular formula is C22H20N2O2. The minimum Gasteiger partial charge on any atom is -0.492 e. The third-order valence-electron chi connectivity index (χ3n) is 5.13. The SMILES string of the molecule is c1cnc(Oc2cnc3c(c2)CCCC3)c(-c2cccc3c2OCC3)c1. The normalized spacial score (nSPS) is 15.1. The van der Waals surface area contributed by atoms with Gasteiger partial charge in [-0.15, -0.1) is 0 Å². The Morgan fingerprint density at radius 2 is 1.81 bits per heavy atom. The van der Waals surface area contributed by atoms with E-state index < -0.39 is 0 Å². The highest BCUT2D eigenvalue weighted by molar-refractivity contribution is 5.76. The lowest BCUT2D eigenvalue weighted by atomic mass is 9.96. The van der Waals surface area contributed by atoms with Gasteiger partial charge in [0.2, 0.25) is 5.88 Å². The zero-order valence-corrected chi connectivity index (χ0v) is 14.6. The van der Waals surface area contributed by atoms with Gasteiger partial charge in [0, 0.05) is 29.4 Å². The molecule has 1 aromatic carbocycles. The second kappa shape index (κ2) is 6.45. The second-order valence-electron chi connectivity index (χ2n) is 6.83. The van der Waals surface area contributed by atoms with Gasteiger partial charge < -0.3 is 9.47 Å². The van der Waals surface area contributed by atoms with E-state index in [9.17, 15) is 0 Å². The molecule has 0 atom stereocenters. The Kier molecular flexibility index (Phi) is 3.81. The van der Waals surface area contributed by atoms with E-state index in [-0.39, 0.29) is 0 Å². The van der Waals surface area contributed by atoms with Crippen molar-refractivity contribution >= 4 is 0 Å². The fourth-order valence-electron chi connectivity index (χ4n) is 3.84. The van der Waals surface area contributed by atoms with Crippen LogP contribution in [-0.4, -0.2) is 16.6 Å².